The maximum atomic E-state index is 10.6. The Morgan fingerprint density at radius 1 is 1.17 bits per heavy atom. The zero-order valence-corrected chi connectivity index (χ0v) is 14.1. The van der Waals surface area contributed by atoms with E-state index in [9.17, 15) is 5.11 Å². The molecule has 2 aromatic rings. The third-order valence-electron chi connectivity index (χ3n) is 4.66. The van der Waals surface area contributed by atoms with Crippen molar-refractivity contribution in [2.75, 3.05) is 26.7 Å². The second-order valence-corrected chi connectivity index (χ2v) is 6.31. The Morgan fingerprint density at radius 2 is 2.00 bits per heavy atom. The summed E-state index contributed by atoms with van der Waals surface area (Å²) < 4.78 is 5.30. The van der Waals surface area contributed by atoms with Gasteiger partial charge in [0.2, 0.25) is 0 Å². The number of piperidine rings is 1. The van der Waals surface area contributed by atoms with Crippen molar-refractivity contribution < 1.29 is 9.84 Å². The summed E-state index contributed by atoms with van der Waals surface area (Å²) in [7, 11) is 1.68. The number of rotatable bonds is 5. The van der Waals surface area contributed by atoms with Gasteiger partial charge in [0.25, 0.3) is 0 Å². The van der Waals surface area contributed by atoms with E-state index in [0.717, 1.165) is 25.3 Å². The summed E-state index contributed by atoms with van der Waals surface area (Å²) in [5.41, 5.74) is 2.38. The van der Waals surface area contributed by atoms with Gasteiger partial charge in [0.05, 0.1) is 13.2 Å². The topological polar surface area (TPSA) is 32.7 Å². The highest BCUT2D eigenvalue weighted by Gasteiger charge is 2.28. The largest absolute Gasteiger partial charge is 0.497 e. The van der Waals surface area contributed by atoms with Crippen molar-refractivity contribution in [2.24, 2.45) is 0 Å². The van der Waals surface area contributed by atoms with E-state index in [0.29, 0.717) is 6.54 Å². The van der Waals surface area contributed by atoms with E-state index in [4.69, 9.17) is 4.74 Å². The molecule has 3 heteroatoms. The predicted octanol–water partition coefficient (Wildman–Crippen LogP) is 3.56. The fourth-order valence-electron chi connectivity index (χ4n) is 3.33. The highest BCUT2D eigenvalue weighted by Crippen LogP contribution is 2.30. The molecule has 1 fully saturated rings. The molecule has 0 aromatic heterocycles. The number of hydrogen-bond donors (Lipinski definition) is 1. The van der Waals surface area contributed by atoms with Crippen molar-refractivity contribution in [3.63, 3.8) is 0 Å². The van der Waals surface area contributed by atoms with Crippen LogP contribution in [0.15, 0.2) is 60.7 Å². The van der Waals surface area contributed by atoms with Gasteiger partial charge in [0.1, 0.15) is 5.75 Å². The number of aliphatic hydroxyl groups excluding tert-OH is 1. The zero-order valence-electron chi connectivity index (χ0n) is 14.1. The number of nitrogens with zero attached hydrogens (tertiary/aromatic N) is 1. The summed E-state index contributed by atoms with van der Waals surface area (Å²) in [6.45, 7) is 2.58. The molecular weight excluding hydrogens is 298 g/mol. The number of hydrogen-bond acceptors (Lipinski definition) is 3. The van der Waals surface area contributed by atoms with Gasteiger partial charge >= 0.3 is 0 Å². The Labute approximate surface area is 144 Å². The van der Waals surface area contributed by atoms with E-state index in [1.165, 1.54) is 11.1 Å². The first-order valence-corrected chi connectivity index (χ1v) is 8.52. The summed E-state index contributed by atoms with van der Waals surface area (Å²) in [6, 6.07) is 18.4. The highest BCUT2D eigenvalue weighted by atomic mass is 16.5. The van der Waals surface area contributed by atoms with Crippen molar-refractivity contribution in [3.8, 4) is 5.75 Å². The van der Waals surface area contributed by atoms with Crippen LogP contribution in [-0.4, -0.2) is 42.9 Å². The lowest BCUT2D eigenvalue weighted by atomic mass is 9.87. The number of methoxy groups -OCH3 is 1. The monoisotopic (exact) mass is 323 g/mol. The molecule has 0 spiro atoms. The van der Waals surface area contributed by atoms with E-state index in [1.807, 2.05) is 36.4 Å². The quantitative estimate of drug-likeness (QED) is 0.913. The molecule has 3 rings (SSSR count). The van der Waals surface area contributed by atoms with E-state index < -0.39 is 0 Å². The minimum Gasteiger partial charge on any atom is -0.497 e. The molecule has 2 aromatic carbocycles. The molecule has 1 heterocycles. The number of likely N-dealkylation sites (tertiary alicyclic amines) is 1. The van der Waals surface area contributed by atoms with Crippen molar-refractivity contribution in [1.82, 2.24) is 4.90 Å². The Hall–Kier alpha value is -2.10. The fourth-order valence-corrected chi connectivity index (χ4v) is 3.33. The van der Waals surface area contributed by atoms with Crippen LogP contribution >= 0.6 is 0 Å². The molecule has 0 unspecified atom stereocenters. The van der Waals surface area contributed by atoms with Crippen LogP contribution in [0, 0.1) is 0 Å². The average molecular weight is 323 g/mol. The highest BCUT2D eigenvalue weighted by molar-refractivity contribution is 5.48. The molecule has 0 saturated carbocycles. The molecule has 24 heavy (non-hydrogen) atoms. The van der Waals surface area contributed by atoms with Gasteiger partial charge < -0.3 is 9.84 Å². The first-order valence-electron chi connectivity index (χ1n) is 8.52. The molecule has 1 saturated heterocycles. The van der Waals surface area contributed by atoms with E-state index >= 15 is 0 Å². The lowest BCUT2D eigenvalue weighted by molar-refractivity contribution is 0.0569. The Morgan fingerprint density at radius 3 is 2.75 bits per heavy atom. The van der Waals surface area contributed by atoms with Crippen LogP contribution in [-0.2, 0) is 0 Å². The third kappa shape index (κ3) is 4.25. The maximum absolute atomic E-state index is 10.6. The lowest BCUT2D eigenvalue weighted by Crippen LogP contribution is -2.42. The molecule has 0 aliphatic carbocycles. The molecule has 126 valence electrons. The average Bonchev–Trinajstić information content (AvgIpc) is 2.63. The van der Waals surface area contributed by atoms with Crippen LogP contribution < -0.4 is 4.74 Å². The van der Waals surface area contributed by atoms with Crippen molar-refractivity contribution in [1.29, 1.82) is 0 Å². The third-order valence-corrected chi connectivity index (χ3v) is 4.66. The molecule has 0 radical (unpaired) electrons. The molecule has 0 amide bonds. The van der Waals surface area contributed by atoms with E-state index in [-0.39, 0.29) is 12.0 Å². The van der Waals surface area contributed by atoms with Gasteiger partial charge in [-0.2, -0.15) is 0 Å². The number of aliphatic hydroxyl groups is 1. The predicted molar refractivity (Wildman–Crippen MR) is 98.3 cm³/mol. The minimum absolute atomic E-state index is 0.189. The summed E-state index contributed by atoms with van der Waals surface area (Å²) in [5, 5.41) is 10.6. The van der Waals surface area contributed by atoms with Gasteiger partial charge in [-0.3, -0.25) is 4.90 Å². The molecule has 1 aliphatic heterocycles. The van der Waals surface area contributed by atoms with Crippen LogP contribution in [0.5, 0.6) is 5.75 Å². The molecule has 3 nitrogen and oxygen atoms in total. The number of ether oxygens (including phenoxy) is 1. The summed E-state index contributed by atoms with van der Waals surface area (Å²) in [6.07, 6.45) is 4.94. The molecule has 0 bridgehead atoms. The first kappa shape index (κ1) is 16.7. The van der Waals surface area contributed by atoms with Gasteiger partial charge in [0, 0.05) is 19.0 Å². The van der Waals surface area contributed by atoms with Gasteiger partial charge in [0.15, 0.2) is 0 Å². The summed E-state index contributed by atoms with van der Waals surface area (Å²) in [4.78, 5) is 2.31. The van der Waals surface area contributed by atoms with Gasteiger partial charge in [-0.25, -0.2) is 0 Å². The molecule has 1 N–H and O–H groups in total. The van der Waals surface area contributed by atoms with Crippen molar-refractivity contribution in [3.05, 3.63) is 71.8 Å². The van der Waals surface area contributed by atoms with Gasteiger partial charge in [-0.15, -0.1) is 0 Å². The van der Waals surface area contributed by atoms with Crippen LogP contribution in [0.4, 0.5) is 0 Å². The van der Waals surface area contributed by atoms with E-state index in [2.05, 4.69) is 35.3 Å². The van der Waals surface area contributed by atoms with Crippen molar-refractivity contribution in [2.45, 2.75) is 18.4 Å². The molecule has 1 aliphatic rings. The summed E-state index contributed by atoms with van der Waals surface area (Å²) >= 11 is 0. The Bertz CT molecular complexity index is 669. The van der Waals surface area contributed by atoms with E-state index in [1.54, 1.807) is 7.11 Å². The lowest BCUT2D eigenvalue weighted by Gasteiger charge is -2.35. The number of benzene rings is 2. The Balaban J connectivity index is 1.56. The second kappa shape index (κ2) is 8.13. The van der Waals surface area contributed by atoms with Gasteiger partial charge in [-0.1, -0.05) is 54.6 Å². The van der Waals surface area contributed by atoms with Crippen LogP contribution in [0.25, 0.3) is 6.08 Å². The normalized spacial score (nSPS) is 21.9. The zero-order chi connectivity index (χ0) is 16.8. The van der Waals surface area contributed by atoms with Gasteiger partial charge in [-0.05, 0) is 36.2 Å². The maximum Gasteiger partial charge on any atom is 0.119 e. The fraction of sp³-hybridized carbons (Fsp3) is 0.333. The Kier molecular flexibility index (Phi) is 5.68. The van der Waals surface area contributed by atoms with Crippen LogP contribution in [0.2, 0.25) is 0 Å². The van der Waals surface area contributed by atoms with Crippen LogP contribution in [0.1, 0.15) is 23.5 Å². The van der Waals surface area contributed by atoms with Crippen LogP contribution in [0.3, 0.4) is 0 Å². The SMILES string of the molecule is COc1cccc([C@@H]2CCN(CC=Cc3ccccc3)C[C@H]2O)c1. The molecule has 2 atom stereocenters. The van der Waals surface area contributed by atoms with Crippen molar-refractivity contribution >= 4 is 6.08 Å². The smallest absolute Gasteiger partial charge is 0.119 e. The first-order chi connectivity index (χ1) is 11.8. The summed E-state index contributed by atoms with van der Waals surface area (Å²) in [5.74, 6) is 1.04. The second-order valence-electron chi connectivity index (χ2n) is 6.31. The molecular formula is C21H25NO2. The standard InChI is InChI=1S/C21H25NO2/c1-24-19-11-5-10-18(15-19)20-12-14-22(16-21(20)23)13-6-9-17-7-3-2-4-8-17/h2-11,15,20-21,23H,12-14,16H2,1H3/t20-,21+/m0/s1. The number of β-amino-alcohol motifs (C(OH)–C–C–N with tert-alkyl or cyclic N) is 1. The minimum atomic E-state index is -0.337.